The number of para-hydroxylation sites is 1. The zero-order valence-electron chi connectivity index (χ0n) is 10.7. The fraction of sp³-hybridized carbons (Fsp3) is 0.133. The maximum absolute atomic E-state index is 12.3. The lowest BCUT2D eigenvalue weighted by molar-refractivity contribution is -0.117. The molecule has 0 fully saturated rings. The second kappa shape index (κ2) is 4.77. The molecule has 1 amide bonds. The predicted octanol–water partition coefficient (Wildman–Crippen LogP) is 2.09. The van der Waals surface area contributed by atoms with Gasteiger partial charge in [-0.15, -0.1) is 0 Å². The number of rotatable bonds is 2. The molecule has 2 aromatic rings. The van der Waals surface area contributed by atoms with Gasteiger partial charge in [0, 0.05) is 11.6 Å². The van der Waals surface area contributed by atoms with Crippen LogP contribution in [-0.4, -0.2) is 17.6 Å². The Morgan fingerprint density at radius 1 is 1.30 bits per heavy atom. The van der Waals surface area contributed by atoms with E-state index < -0.39 is 0 Å². The summed E-state index contributed by atoms with van der Waals surface area (Å²) in [6.45, 7) is 0.323. The van der Waals surface area contributed by atoms with Gasteiger partial charge in [0.05, 0.1) is 11.4 Å². The molecule has 5 heteroatoms. The first-order valence-corrected chi connectivity index (χ1v) is 6.26. The number of nitrogen functional groups attached to an aromatic ring is 1. The molecule has 1 atom stereocenters. The SMILES string of the molecule is Nc1cc(O)ccc1NC(=O)C1COc2ccccc21. The van der Waals surface area contributed by atoms with Crippen molar-refractivity contribution in [2.45, 2.75) is 5.92 Å². The number of amides is 1. The van der Waals surface area contributed by atoms with Gasteiger partial charge in [0.25, 0.3) is 0 Å². The minimum Gasteiger partial charge on any atom is -0.508 e. The van der Waals surface area contributed by atoms with Crippen molar-refractivity contribution in [3.63, 3.8) is 0 Å². The fourth-order valence-electron chi connectivity index (χ4n) is 2.26. The summed E-state index contributed by atoms with van der Waals surface area (Å²) < 4.78 is 5.49. The van der Waals surface area contributed by atoms with E-state index in [1.807, 2.05) is 24.3 Å². The molecule has 0 spiro atoms. The summed E-state index contributed by atoms with van der Waals surface area (Å²) in [6.07, 6.45) is 0. The molecular weight excluding hydrogens is 256 g/mol. The number of ether oxygens (including phenoxy) is 1. The third kappa shape index (κ3) is 2.14. The van der Waals surface area contributed by atoms with Crippen molar-refractivity contribution in [1.29, 1.82) is 0 Å². The summed E-state index contributed by atoms with van der Waals surface area (Å²) in [5.74, 6) is 0.285. The van der Waals surface area contributed by atoms with E-state index in [0.29, 0.717) is 18.0 Å². The lowest BCUT2D eigenvalue weighted by Crippen LogP contribution is -2.22. The minimum atomic E-state index is -0.348. The van der Waals surface area contributed by atoms with Gasteiger partial charge in [-0.25, -0.2) is 0 Å². The summed E-state index contributed by atoms with van der Waals surface area (Å²) in [4.78, 5) is 12.3. The van der Waals surface area contributed by atoms with Crippen LogP contribution in [0.5, 0.6) is 11.5 Å². The summed E-state index contributed by atoms with van der Waals surface area (Å²) in [6, 6.07) is 11.9. The Kier molecular flexibility index (Phi) is 2.95. The molecule has 0 saturated carbocycles. The largest absolute Gasteiger partial charge is 0.508 e. The Hall–Kier alpha value is -2.69. The van der Waals surface area contributed by atoms with Gasteiger partial charge in [0.2, 0.25) is 5.91 Å². The highest BCUT2D eigenvalue weighted by atomic mass is 16.5. The second-order valence-electron chi connectivity index (χ2n) is 4.66. The lowest BCUT2D eigenvalue weighted by atomic mass is 10.0. The number of fused-ring (bicyclic) bond motifs is 1. The van der Waals surface area contributed by atoms with E-state index in [4.69, 9.17) is 10.5 Å². The van der Waals surface area contributed by atoms with E-state index in [9.17, 15) is 9.90 Å². The van der Waals surface area contributed by atoms with Gasteiger partial charge in [-0.1, -0.05) is 18.2 Å². The fourth-order valence-corrected chi connectivity index (χ4v) is 2.26. The molecule has 1 aliphatic rings. The Morgan fingerprint density at radius 2 is 2.10 bits per heavy atom. The van der Waals surface area contributed by atoms with Crippen LogP contribution in [0.25, 0.3) is 0 Å². The molecule has 1 heterocycles. The highest BCUT2D eigenvalue weighted by Gasteiger charge is 2.30. The second-order valence-corrected chi connectivity index (χ2v) is 4.66. The van der Waals surface area contributed by atoms with E-state index in [-0.39, 0.29) is 17.6 Å². The lowest BCUT2D eigenvalue weighted by Gasteiger charge is -2.12. The van der Waals surface area contributed by atoms with Crippen LogP contribution in [0.2, 0.25) is 0 Å². The molecule has 5 nitrogen and oxygen atoms in total. The number of carbonyl (C=O) groups excluding carboxylic acids is 1. The van der Waals surface area contributed by atoms with Crippen LogP contribution in [0.4, 0.5) is 11.4 Å². The third-order valence-corrected chi connectivity index (χ3v) is 3.31. The van der Waals surface area contributed by atoms with Crippen LogP contribution < -0.4 is 15.8 Å². The van der Waals surface area contributed by atoms with Gasteiger partial charge in [0.1, 0.15) is 24.0 Å². The molecule has 20 heavy (non-hydrogen) atoms. The van der Waals surface area contributed by atoms with Crippen LogP contribution >= 0.6 is 0 Å². The van der Waals surface area contributed by atoms with Gasteiger partial charge >= 0.3 is 0 Å². The summed E-state index contributed by atoms with van der Waals surface area (Å²) >= 11 is 0. The average molecular weight is 270 g/mol. The van der Waals surface area contributed by atoms with E-state index in [1.54, 1.807) is 6.07 Å². The number of nitrogens with one attached hydrogen (secondary N) is 1. The Bertz CT molecular complexity index is 670. The summed E-state index contributed by atoms with van der Waals surface area (Å²) in [5, 5.41) is 12.1. The first-order valence-electron chi connectivity index (χ1n) is 6.26. The maximum Gasteiger partial charge on any atom is 0.235 e. The Morgan fingerprint density at radius 3 is 2.90 bits per heavy atom. The van der Waals surface area contributed by atoms with Crippen molar-refractivity contribution in [2.75, 3.05) is 17.7 Å². The van der Waals surface area contributed by atoms with Crippen molar-refractivity contribution >= 4 is 17.3 Å². The van der Waals surface area contributed by atoms with Crippen LogP contribution in [0.3, 0.4) is 0 Å². The molecule has 1 aliphatic heterocycles. The number of hydrogen-bond acceptors (Lipinski definition) is 4. The monoisotopic (exact) mass is 270 g/mol. The molecule has 0 bridgehead atoms. The smallest absolute Gasteiger partial charge is 0.235 e. The molecule has 0 aliphatic carbocycles. The van der Waals surface area contributed by atoms with Gasteiger partial charge in [-0.2, -0.15) is 0 Å². The molecule has 2 aromatic carbocycles. The minimum absolute atomic E-state index is 0.0649. The highest BCUT2D eigenvalue weighted by molar-refractivity contribution is 5.99. The predicted molar refractivity (Wildman–Crippen MR) is 75.8 cm³/mol. The van der Waals surface area contributed by atoms with Gasteiger partial charge in [-0.05, 0) is 18.2 Å². The molecule has 4 N–H and O–H groups in total. The van der Waals surface area contributed by atoms with Gasteiger partial charge in [-0.3, -0.25) is 4.79 Å². The molecule has 1 unspecified atom stereocenters. The number of carbonyl (C=O) groups is 1. The molecule has 0 aromatic heterocycles. The summed E-state index contributed by atoms with van der Waals surface area (Å²) in [7, 11) is 0. The molecule has 0 radical (unpaired) electrons. The number of anilines is 2. The van der Waals surface area contributed by atoms with E-state index in [1.165, 1.54) is 12.1 Å². The third-order valence-electron chi connectivity index (χ3n) is 3.31. The number of hydrogen-bond donors (Lipinski definition) is 3. The quantitative estimate of drug-likeness (QED) is 0.576. The standard InChI is InChI=1S/C15H14N2O3/c16-12-7-9(18)5-6-13(12)17-15(19)11-8-20-14-4-2-1-3-10(11)14/h1-7,11,18H,8,16H2,(H,17,19). The number of phenolic OH excluding ortho intramolecular Hbond substituents is 1. The Balaban J connectivity index is 1.81. The zero-order chi connectivity index (χ0) is 14.1. The number of aromatic hydroxyl groups is 1. The average Bonchev–Trinajstić information content (AvgIpc) is 2.86. The first-order chi connectivity index (χ1) is 9.65. The Labute approximate surface area is 116 Å². The van der Waals surface area contributed by atoms with E-state index in [0.717, 1.165) is 11.3 Å². The van der Waals surface area contributed by atoms with Crippen LogP contribution in [0.15, 0.2) is 42.5 Å². The van der Waals surface area contributed by atoms with Crippen molar-refractivity contribution < 1.29 is 14.6 Å². The van der Waals surface area contributed by atoms with Crippen molar-refractivity contribution in [1.82, 2.24) is 0 Å². The topological polar surface area (TPSA) is 84.6 Å². The van der Waals surface area contributed by atoms with Crippen molar-refractivity contribution in [2.24, 2.45) is 0 Å². The number of phenols is 1. The number of nitrogens with two attached hydrogens (primary N) is 1. The molecule has 0 saturated heterocycles. The zero-order valence-corrected chi connectivity index (χ0v) is 10.7. The van der Waals surface area contributed by atoms with Crippen molar-refractivity contribution in [3.8, 4) is 11.5 Å². The van der Waals surface area contributed by atoms with Crippen LogP contribution in [0.1, 0.15) is 11.5 Å². The molecule has 3 rings (SSSR count). The van der Waals surface area contributed by atoms with E-state index in [2.05, 4.69) is 5.32 Å². The maximum atomic E-state index is 12.3. The van der Waals surface area contributed by atoms with E-state index >= 15 is 0 Å². The molecular formula is C15H14N2O3. The molecule has 102 valence electrons. The van der Waals surface area contributed by atoms with Gasteiger partial charge < -0.3 is 20.9 Å². The van der Waals surface area contributed by atoms with Crippen LogP contribution in [-0.2, 0) is 4.79 Å². The number of benzene rings is 2. The van der Waals surface area contributed by atoms with Crippen molar-refractivity contribution in [3.05, 3.63) is 48.0 Å². The van der Waals surface area contributed by atoms with Gasteiger partial charge in [0.15, 0.2) is 0 Å². The highest BCUT2D eigenvalue weighted by Crippen LogP contribution is 2.34. The normalized spacial score (nSPS) is 16.3. The summed E-state index contributed by atoms with van der Waals surface area (Å²) in [5.41, 5.74) is 7.44. The van der Waals surface area contributed by atoms with Crippen LogP contribution in [0, 0.1) is 0 Å². The first kappa shape index (κ1) is 12.3.